The van der Waals surface area contributed by atoms with Gasteiger partial charge in [-0.05, 0) is 18.2 Å². The Morgan fingerprint density at radius 3 is 2.26 bits per heavy atom. The van der Waals surface area contributed by atoms with E-state index in [9.17, 15) is 4.79 Å². The lowest BCUT2D eigenvalue weighted by atomic mass is 10.0. The average molecular weight is 264 g/mol. The Bertz CT molecular complexity index is 484. The highest BCUT2D eigenvalue weighted by atomic mass is 16.6. The van der Waals surface area contributed by atoms with Gasteiger partial charge in [0.2, 0.25) is 0 Å². The van der Waals surface area contributed by atoms with Gasteiger partial charge >= 0.3 is 5.97 Å². The number of ether oxygens (including phenoxy) is 4. The van der Waals surface area contributed by atoms with E-state index < -0.39 is 0 Å². The number of carbonyl (C=O) groups excluding carboxylic acids is 1. The first-order chi connectivity index (χ1) is 9.21. The van der Waals surface area contributed by atoms with Crippen molar-refractivity contribution in [3.8, 4) is 11.5 Å². The Morgan fingerprint density at radius 1 is 1.26 bits per heavy atom. The van der Waals surface area contributed by atoms with Gasteiger partial charge in [0.15, 0.2) is 0 Å². The first-order valence-corrected chi connectivity index (χ1v) is 5.85. The Hall–Kier alpha value is -2.17. The molecule has 1 aromatic rings. The molecule has 0 aliphatic carbocycles. The maximum atomic E-state index is 11.2. The minimum absolute atomic E-state index is 0.247. The van der Waals surface area contributed by atoms with Gasteiger partial charge in [-0.15, -0.1) is 0 Å². The van der Waals surface area contributed by atoms with Gasteiger partial charge in [-0.1, -0.05) is 6.07 Å². The van der Waals surface area contributed by atoms with Crippen molar-refractivity contribution in [3.05, 3.63) is 29.8 Å². The number of cyclic esters (lactones) is 1. The molecule has 1 heterocycles. The minimum Gasteiger partial charge on any atom is -0.496 e. The fourth-order valence-corrected chi connectivity index (χ4v) is 1.89. The molecule has 1 saturated heterocycles. The first-order valence-electron chi connectivity index (χ1n) is 5.85. The molecule has 1 aliphatic heterocycles. The van der Waals surface area contributed by atoms with Crippen molar-refractivity contribution in [2.24, 2.45) is 5.92 Å². The Balaban J connectivity index is 2.44. The third-order valence-electron chi connectivity index (χ3n) is 2.95. The Morgan fingerprint density at radius 2 is 1.89 bits per heavy atom. The monoisotopic (exact) mass is 264 g/mol. The summed E-state index contributed by atoms with van der Waals surface area (Å²) in [5.41, 5.74) is 0.690. The zero-order valence-corrected chi connectivity index (χ0v) is 11.1. The predicted molar refractivity (Wildman–Crippen MR) is 69.0 cm³/mol. The van der Waals surface area contributed by atoms with Gasteiger partial charge in [0.05, 0.1) is 21.3 Å². The van der Waals surface area contributed by atoms with Crippen molar-refractivity contribution in [1.82, 2.24) is 0 Å². The molecule has 1 unspecified atom stereocenters. The van der Waals surface area contributed by atoms with Crippen molar-refractivity contribution in [1.29, 1.82) is 0 Å². The standard InChI is InChI=1S/C14H16O5/c1-16-10-5-4-6-11(17-2)13(10)12(18-3)7-9-8-19-14(9)15/h4-7,9H,8H2,1-3H3/b12-7-. The van der Waals surface area contributed by atoms with Gasteiger partial charge < -0.3 is 18.9 Å². The maximum absolute atomic E-state index is 11.2. The molecule has 0 bridgehead atoms. The lowest BCUT2D eigenvalue weighted by Crippen LogP contribution is -2.33. The van der Waals surface area contributed by atoms with E-state index in [1.54, 1.807) is 27.4 Å². The van der Waals surface area contributed by atoms with E-state index in [2.05, 4.69) is 0 Å². The van der Waals surface area contributed by atoms with E-state index in [4.69, 9.17) is 18.9 Å². The van der Waals surface area contributed by atoms with Gasteiger partial charge in [-0.25, -0.2) is 0 Å². The largest absolute Gasteiger partial charge is 0.496 e. The van der Waals surface area contributed by atoms with Gasteiger partial charge in [-0.3, -0.25) is 4.79 Å². The molecule has 5 heteroatoms. The van der Waals surface area contributed by atoms with Gasteiger partial charge in [0.1, 0.15) is 35.3 Å². The van der Waals surface area contributed by atoms with E-state index in [1.807, 2.05) is 18.2 Å². The summed E-state index contributed by atoms with van der Waals surface area (Å²) in [6.07, 6.45) is 1.73. The number of hydrogen-bond donors (Lipinski definition) is 0. The number of methoxy groups -OCH3 is 3. The van der Waals surface area contributed by atoms with Crippen LogP contribution in [0.2, 0.25) is 0 Å². The van der Waals surface area contributed by atoms with Crippen LogP contribution in [0.1, 0.15) is 5.56 Å². The number of esters is 1. The quantitative estimate of drug-likeness (QED) is 0.600. The van der Waals surface area contributed by atoms with Crippen LogP contribution in [0, 0.1) is 5.92 Å². The summed E-state index contributed by atoms with van der Waals surface area (Å²) in [6.45, 7) is 0.378. The van der Waals surface area contributed by atoms with Crippen molar-refractivity contribution in [3.63, 3.8) is 0 Å². The van der Waals surface area contributed by atoms with Crippen LogP contribution >= 0.6 is 0 Å². The van der Waals surface area contributed by atoms with Crippen LogP contribution in [-0.4, -0.2) is 33.9 Å². The van der Waals surface area contributed by atoms with E-state index in [1.165, 1.54) is 0 Å². The summed E-state index contributed by atoms with van der Waals surface area (Å²) in [5, 5.41) is 0. The summed E-state index contributed by atoms with van der Waals surface area (Å²) in [6, 6.07) is 5.44. The van der Waals surface area contributed by atoms with Crippen molar-refractivity contribution in [2.75, 3.05) is 27.9 Å². The highest BCUT2D eigenvalue weighted by Crippen LogP contribution is 2.36. The second-order valence-electron chi connectivity index (χ2n) is 4.01. The molecule has 0 amide bonds. The van der Waals surface area contributed by atoms with Crippen LogP contribution in [0.15, 0.2) is 24.3 Å². The highest BCUT2D eigenvalue weighted by molar-refractivity contribution is 5.82. The summed E-state index contributed by atoms with van der Waals surface area (Å²) < 4.78 is 20.7. The number of rotatable bonds is 5. The molecule has 1 aliphatic rings. The van der Waals surface area contributed by atoms with Crippen LogP contribution in [-0.2, 0) is 14.3 Å². The fourth-order valence-electron chi connectivity index (χ4n) is 1.89. The average Bonchev–Trinajstić information content (AvgIpc) is 2.46. The van der Waals surface area contributed by atoms with E-state index in [0.717, 1.165) is 0 Å². The van der Waals surface area contributed by atoms with Crippen LogP contribution in [0.25, 0.3) is 5.76 Å². The number of benzene rings is 1. The van der Waals surface area contributed by atoms with Crippen LogP contribution in [0.3, 0.4) is 0 Å². The van der Waals surface area contributed by atoms with Crippen molar-refractivity contribution < 1.29 is 23.7 Å². The molecule has 0 spiro atoms. The lowest BCUT2D eigenvalue weighted by molar-refractivity contribution is -0.164. The van der Waals surface area contributed by atoms with Crippen molar-refractivity contribution in [2.45, 2.75) is 0 Å². The molecule has 19 heavy (non-hydrogen) atoms. The predicted octanol–water partition coefficient (Wildman–Crippen LogP) is 1.86. The molecular formula is C14H16O5. The number of hydrogen-bond acceptors (Lipinski definition) is 5. The topological polar surface area (TPSA) is 54.0 Å². The lowest BCUT2D eigenvalue weighted by Gasteiger charge is -2.23. The smallest absolute Gasteiger partial charge is 0.316 e. The zero-order valence-electron chi connectivity index (χ0n) is 11.1. The van der Waals surface area contributed by atoms with Crippen molar-refractivity contribution >= 4 is 11.7 Å². The summed E-state index contributed by atoms with van der Waals surface area (Å²) in [5.74, 6) is 1.27. The molecular weight excluding hydrogens is 248 g/mol. The van der Waals surface area contributed by atoms with Crippen LogP contribution < -0.4 is 9.47 Å². The molecule has 0 radical (unpaired) electrons. The van der Waals surface area contributed by atoms with Crippen LogP contribution in [0.5, 0.6) is 11.5 Å². The van der Waals surface area contributed by atoms with E-state index in [-0.39, 0.29) is 11.9 Å². The van der Waals surface area contributed by atoms with Gasteiger partial charge in [0, 0.05) is 0 Å². The van der Waals surface area contributed by atoms with Gasteiger partial charge in [0.25, 0.3) is 0 Å². The summed E-state index contributed by atoms with van der Waals surface area (Å²) in [4.78, 5) is 11.2. The molecule has 0 saturated carbocycles. The minimum atomic E-state index is -0.274. The molecule has 0 aromatic heterocycles. The second-order valence-corrected chi connectivity index (χ2v) is 4.01. The zero-order chi connectivity index (χ0) is 13.8. The second kappa shape index (κ2) is 5.65. The Labute approximate surface area is 111 Å². The third-order valence-corrected chi connectivity index (χ3v) is 2.95. The summed E-state index contributed by atoms with van der Waals surface area (Å²) >= 11 is 0. The highest BCUT2D eigenvalue weighted by Gasteiger charge is 2.30. The number of carbonyl (C=O) groups is 1. The maximum Gasteiger partial charge on any atom is 0.316 e. The third kappa shape index (κ3) is 2.50. The van der Waals surface area contributed by atoms with Gasteiger partial charge in [-0.2, -0.15) is 0 Å². The first kappa shape index (κ1) is 13.3. The Kier molecular flexibility index (Phi) is 3.94. The normalized spacial score (nSPS) is 18.4. The van der Waals surface area contributed by atoms with E-state index in [0.29, 0.717) is 29.4 Å². The SMILES string of the molecule is CO/C(=C\C1COC1=O)c1c(OC)cccc1OC. The molecule has 1 aromatic carbocycles. The molecule has 5 nitrogen and oxygen atoms in total. The fraction of sp³-hybridized carbons (Fsp3) is 0.357. The van der Waals surface area contributed by atoms with Crippen LogP contribution in [0.4, 0.5) is 0 Å². The molecule has 1 fully saturated rings. The molecule has 0 N–H and O–H groups in total. The molecule has 1 atom stereocenters. The van der Waals surface area contributed by atoms with E-state index >= 15 is 0 Å². The molecule has 102 valence electrons. The summed E-state index contributed by atoms with van der Waals surface area (Å²) in [7, 11) is 4.69. The molecule has 2 rings (SSSR count).